The van der Waals surface area contributed by atoms with Gasteiger partial charge in [0.2, 0.25) is 15.9 Å². The molecular weight excluding hydrogens is 408 g/mol. The smallest absolute Gasteiger partial charge is 0.247 e. The summed E-state index contributed by atoms with van der Waals surface area (Å²) in [5.74, 6) is 0.169. The second kappa shape index (κ2) is 7.88. The van der Waals surface area contributed by atoms with Gasteiger partial charge in [-0.1, -0.05) is 22.0 Å². The predicted octanol–water partition coefficient (Wildman–Crippen LogP) is 3.25. The molecule has 0 bridgehead atoms. The zero-order valence-electron chi connectivity index (χ0n) is 14.1. The van der Waals surface area contributed by atoms with Gasteiger partial charge in [-0.3, -0.25) is 9.10 Å². The van der Waals surface area contributed by atoms with Crippen LogP contribution in [0, 0.1) is 0 Å². The fraction of sp³-hybridized carbons (Fsp3) is 0.235. The van der Waals surface area contributed by atoms with Crippen molar-refractivity contribution in [3.63, 3.8) is 0 Å². The van der Waals surface area contributed by atoms with Gasteiger partial charge in [0.25, 0.3) is 0 Å². The van der Waals surface area contributed by atoms with Crippen LogP contribution in [0.4, 0.5) is 11.4 Å². The zero-order valence-corrected chi connectivity index (χ0v) is 16.5. The van der Waals surface area contributed by atoms with E-state index in [4.69, 9.17) is 4.74 Å². The zero-order chi connectivity index (χ0) is 18.6. The average molecular weight is 427 g/mol. The standard InChI is InChI=1S/C17H19BrN2O4S/c1-12(17(21)19-14-6-4-5-13(18)11-14)20(25(3,22)23)15-7-9-16(24-2)10-8-15/h4-12H,1-3H3,(H,19,21). The third-order valence-corrected chi connectivity index (χ3v) is 5.24. The summed E-state index contributed by atoms with van der Waals surface area (Å²) < 4.78 is 31.5. The Labute approximate surface area is 156 Å². The molecular formula is C17H19BrN2O4S. The van der Waals surface area contributed by atoms with Gasteiger partial charge in [-0.2, -0.15) is 0 Å². The van der Waals surface area contributed by atoms with E-state index in [1.807, 2.05) is 6.07 Å². The lowest BCUT2D eigenvalue weighted by atomic mass is 10.2. The summed E-state index contributed by atoms with van der Waals surface area (Å²) >= 11 is 3.33. The van der Waals surface area contributed by atoms with Crippen molar-refractivity contribution in [3.05, 3.63) is 53.0 Å². The van der Waals surface area contributed by atoms with E-state index < -0.39 is 22.0 Å². The quantitative estimate of drug-likeness (QED) is 0.768. The maximum atomic E-state index is 12.6. The summed E-state index contributed by atoms with van der Waals surface area (Å²) in [6.07, 6.45) is 1.07. The van der Waals surface area contributed by atoms with Crippen molar-refractivity contribution in [1.82, 2.24) is 0 Å². The van der Waals surface area contributed by atoms with Crippen LogP contribution in [0.25, 0.3) is 0 Å². The Morgan fingerprint density at radius 3 is 2.36 bits per heavy atom. The Bertz CT molecular complexity index is 853. The highest BCUT2D eigenvalue weighted by Crippen LogP contribution is 2.24. The summed E-state index contributed by atoms with van der Waals surface area (Å²) in [6.45, 7) is 1.54. The van der Waals surface area contributed by atoms with Crippen LogP contribution >= 0.6 is 15.9 Å². The Hall–Kier alpha value is -2.06. The van der Waals surface area contributed by atoms with Crippen LogP contribution in [0.15, 0.2) is 53.0 Å². The van der Waals surface area contributed by atoms with E-state index in [2.05, 4.69) is 21.2 Å². The molecule has 0 saturated heterocycles. The molecule has 0 saturated carbocycles. The van der Waals surface area contributed by atoms with E-state index in [9.17, 15) is 13.2 Å². The number of anilines is 2. The van der Waals surface area contributed by atoms with Crippen molar-refractivity contribution < 1.29 is 17.9 Å². The molecule has 0 heterocycles. The van der Waals surface area contributed by atoms with Crippen LogP contribution in [-0.4, -0.2) is 33.7 Å². The Morgan fingerprint density at radius 1 is 1.20 bits per heavy atom. The molecule has 0 spiro atoms. The van der Waals surface area contributed by atoms with E-state index in [0.717, 1.165) is 15.0 Å². The summed E-state index contributed by atoms with van der Waals surface area (Å²) in [5.41, 5.74) is 0.967. The molecule has 25 heavy (non-hydrogen) atoms. The molecule has 2 aromatic carbocycles. The first kappa shape index (κ1) is 19.3. The number of sulfonamides is 1. The van der Waals surface area contributed by atoms with Crippen molar-refractivity contribution in [1.29, 1.82) is 0 Å². The number of amides is 1. The number of nitrogens with zero attached hydrogens (tertiary/aromatic N) is 1. The lowest BCUT2D eigenvalue weighted by Crippen LogP contribution is -2.45. The average Bonchev–Trinajstić information content (AvgIpc) is 2.54. The number of hydrogen-bond acceptors (Lipinski definition) is 4. The van der Waals surface area contributed by atoms with Crippen LogP contribution in [0.3, 0.4) is 0 Å². The molecule has 0 fully saturated rings. The van der Waals surface area contributed by atoms with Crippen molar-refractivity contribution in [3.8, 4) is 5.75 Å². The number of hydrogen-bond donors (Lipinski definition) is 1. The molecule has 0 radical (unpaired) electrons. The van der Waals surface area contributed by atoms with Gasteiger partial charge in [-0.05, 0) is 49.4 Å². The lowest BCUT2D eigenvalue weighted by molar-refractivity contribution is -0.116. The number of halogens is 1. The maximum Gasteiger partial charge on any atom is 0.247 e. The highest BCUT2D eigenvalue weighted by molar-refractivity contribution is 9.10. The summed E-state index contributed by atoms with van der Waals surface area (Å²) in [7, 11) is -2.13. The molecule has 8 heteroatoms. The minimum Gasteiger partial charge on any atom is -0.497 e. The predicted molar refractivity (Wildman–Crippen MR) is 103 cm³/mol. The normalized spacial score (nSPS) is 12.3. The van der Waals surface area contributed by atoms with Gasteiger partial charge in [0.1, 0.15) is 11.8 Å². The lowest BCUT2D eigenvalue weighted by Gasteiger charge is -2.28. The van der Waals surface area contributed by atoms with Crippen molar-refractivity contribution >= 4 is 43.2 Å². The third-order valence-electron chi connectivity index (χ3n) is 3.51. The molecule has 1 amide bonds. The molecule has 6 nitrogen and oxygen atoms in total. The maximum absolute atomic E-state index is 12.6. The molecule has 1 unspecified atom stereocenters. The van der Waals surface area contributed by atoms with Crippen molar-refractivity contribution in [2.24, 2.45) is 0 Å². The molecule has 2 aromatic rings. The summed E-state index contributed by atoms with van der Waals surface area (Å²) in [6, 6.07) is 12.6. The monoisotopic (exact) mass is 426 g/mol. The van der Waals surface area contributed by atoms with Crippen LogP contribution in [0.2, 0.25) is 0 Å². The molecule has 1 N–H and O–H groups in total. The van der Waals surface area contributed by atoms with Gasteiger partial charge in [-0.25, -0.2) is 8.42 Å². The number of rotatable bonds is 6. The summed E-state index contributed by atoms with van der Waals surface area (Å²) in [5, 5.41) is 2.73. The first-order valence-electron chi connectivity index (χ1n) is 7.42. The number of methoxy groups -OCH3 is 1. The molecule has 0 aliphatic carbocycles. The van der Waals surface area contributed by atoms with Gasteiger partial charge in [-0.15, -0.1) is 0 Å². The SMILES string of the molecule is COc1ccc(N(C(C)C(=O)Nc2cccc(Br)c2)S(C)(=O)=O)cc1. The topological polar surface area (TPSA) is 75.7 Å². The highest BCUT2D eigenvalue weighted by Gasteiger charge is 2.29. The van der Waals surface area contributed by atoms with Crippen LogP contribution in [-0.2, 0) is 14.8 Å². The fourth-order valence-electron chi connectivity index (χ4n) is 2.35. The van der Waals surface area contributed by atoms with Gasteiger partial charge < -0.3 is 10.1 Å². The molecule has 2 rings (SSSR count). The van der Waals surface area contributed by atoms with Crippen LogP contribution < -0.4 is 14.4 Å². The third kappa shape index (κ3) is 4.96. The van der Waals surface area contributed by atoms with Gasteiger partial charge in [0.05, 0.1) is 19.1 Å². The highest BCUT2D eigenvalue weighted by atomic mass is 79.9. The van der Waals surface area contributed by atoms with Crippen LogP contribution in [0.5, 0.6) is 5.75 Å². The van der Waals surface area contributed by atoms with E-state index in [1.54, 1.807) is 49.4 Å². The molecule has 0 aliphatic rings. The van der Waals surface area contributed by atoms with E-state index >= 15 is 0 Å². The molecule has 0 aliphatic heterocycles. The Morgan fingerprint density at radius 2 is 1.84 bits per heavy atom. The van der Waals surface area contributed by atoms with E-state index in [0.29, 0.717) is 17.1 Å². The first-order chi connectivity index (χ1) is 11.7. The minimum atomic E-state index is -3.66. The Balaban J connectivity index is 2.29. The molecule has 0 aromatic heterocycles. The summed E-state index contributed by atoms with van der Waals surface area (Å²) in [4.78, 5) is 12.6. The Kier molecular flexibility index (Phi) is 6.07. The second-order valence-corrected chi connectivity index (χ2v) is 8.21. The van der Waals surface area contributed by atoms with E-state index in [-0.39, 0.29) is 0 Å². The molecule has 1 atom stereocenters. The van der Waals surface area contributed by atoms with Crippen LogP contribution in [0.1, 0.15) is 6.92 Å². The second-order valence-electron chi connectivity index (χ2n) is 5.43. The van der Waals surface area contributed by atoms with Gasteiger partial charge in [0, 0.05) is 10.2 Å². The minimum absolute atomic E-state index is 0.389. The number of benzene rings is 2. The number of carbonyl (C=O) groups excluding carboxylic acids is 1. The van der Waals surface area contributed by atoms with Crippen molar-refractivity contribution in [2.45, 2.75) is 13.0 Å². The van der Waals surface area contributed by atoms with Gasteiger partial charge >= 0.3 is 0 Å². The number of nitrogens with one attached hydrogen (secondary N) is 1. The van der Waals surface area contributed by atoms with E-state index in [1.165, 1.54) is 7.11 Å². The first-order valence-corrected chi connectivity index (χ1v) is 10.1. The molecule has 134 valence electrons. The van der Waals surface area contributed by atoms with Gasteiger partial charge in [0.15, 0.2) is 0 Å². The largest absolute Gasteiger partial charge is 0.497 e. The number of ether oxygens (including phenoxy) is 1. The number of carbonyl (C=O) groups is 1. The van der Waals surface area contributed by atoms with Crippen molar-refractivity contribution in [2.75, 3.05) is 23.0 Å². The fourth-order valence-corrected chi connectivity index (χ4v) is 3.92.